The lowest BCUT2D eigenvalue weighted by molar-refractivity contribution is 0.878. The molecule has 0 spiro atoms. The SMILES string of the molecule is C1=Cc2c(sc3ccc(N(c4ccc(-c5ccccc5)cc4)c4ccc5c(ccc6c7ccccc7ccc56)c4)cc23)CN1. The average Bonchev–Trinajstić information content (AvgIpc) is 3.47. The molecule has 0 aliphatic carbocycles. The molecule has 0 amide bonds. The Balaban J connectivity index is 1.22. The molecule has 0 bridgehead atoms. The first-order valence-corrected chi connectivity index (χ1v) is 15.9. The summed E-state index contributed by atoms with van der Waals surface area (Å²) < 4.78 is 1.32. The van der Waals surface area contributed by atoms with Crippen molar-refractivity contribution in [2.75, 3.05) is 4.90 Å². The monoisotopic (exact) mass is 580 g/mol. The number of nitrogens with one attached hydrogen (secondary N) is 1. The third-order valence-corrected chi connectivity index (χ3v) is 10.1. The highest BCUT2D eigenvalue weighted by molar-refractivity contribution is 7.19. The molecule has 0 fully saturated rings. The van der Waals surface area contributed by atoms with Crippen molar-refractivity contribution in [1.29, 1.82) is 0 Å². The Morgan fingerprint density at radius 3 is 2.02 bits per heavy atom. The fourth-order valence-corrected chi connectivity index (χ4v) is 7.86. The van der Waals surface area contributed by atoms with Crippen LogP contribution in [0.1, 0.15) is 10.4 Å². The van der Waals surface area contributed by atoms with Gasteiger partial charge in [0.15, 0.2) is 0 Å². The summed E-state index contributed by atoms with van der Waals surface area (Å²) in [5.41, 5.74) is 7.21. The number of rotatable bonds is 4. The number of benzene rings is 7. The van der Waals surface area contributed by atoms with Gasteiger partial charge < -0.3 is 10.2 Å². The van der Waals surface area contributed by atoms with Gasteiger partial charge in [-0.25, -0.2) is 0 Å². The Morgan fingerprint density at radius 2 is 1.16 bits per heavy atom. The smallest absolute Gasteiger partial charge is 0.0495 e. The number of thiophene rings is 1. The van der Waals surface area contributed by atoms with E-state index in [4.69, 9.17) is 0 Å². The quantitative estimate of drug-likeness (QED) is 0.208. The lowest BCUT2D eigenvalue weighted by atomic mass is 9.96. The van der Waals surface area contributed by atoms with Crippen LogP contribution in [0.2, 0.25) is 0 Å². The van der Waals surface area contributed by atoms with Gasteiger partial charge in [0.05, 0.1) is 0 Å². The van der Waals surface area contributed by atoms with Crippen LogP contribution >= 0.6 is 11.3 Å². The normalized spacial score (nSPS) is 12.5. The predicted molar refractivity (Wildman–Crippen MR) is 190 cm³/mol. The van der Waals surface area contributed by atoms with Crippen molar-refractivity contribution in [3.8, 4) is 11.1 Å². The third kappa shape index (κ3) is 4.09. The lowest BCUT2D eigenvalue weighted by Gasteiger charge is -2.26. The van der Waals surface area contributed by atoms with Crippen molar-refractivity contribution >= 4 is 76.9 Å². The van der Waals surface area contributed by atoms with E-state index in [2.05, 4.69) is 162 Å². The molecule has 0 saturated heterocycles. The molecule has 0 atom stereocenters. The van der Waals surface area contributed by atoms with Gasteiger partial charge in [-0.3, -0.25) is 0 Å². The van der Waals surface area contributed by atoms with Crippen molar-refractivity contribution in [2.24, 2.45) is 0 Å². The summed E-state index contributed by atoms with van der Waals surface area (Å²) in [5.74, 6) is 0. The molecule has 2 heterocycles. The Kier molecular flexibility index (Phi) is 5.78. The first-order chi connectivity index (χ1) is 21.8. The summed E-state index contributed by atoms with van der Waals surface area (Å²) in [7, 11) is 0. The van der Waals surface area contributed by atoms with Gasteiger partial charge in [-0.2, -0.15) is 0 Å². The van der Waals surface area contributed by atoms with E-state index in [1.807, 2.05) is 11.3 Å². The molecule has 0 unspecified atom stereocenters. The van der Waals surface area contributed by atoms with Gasteiger partial charge in [0, 0.05) is 38.6 Å². The third-order valence-electron chi connectivity index (χ3n) is 8.89. The molecule has 3 heteroatoms. The van der Waals surface area contributed by atoms with Crippen LogP contribution < -0.4 is 10.2 Å². The van der Waals surface area contributed by atoms with Crippen molar-refractivity contribution < 1.29 is 0 Å². The van der Waals surface area contributed by atoms with Crippen molar-refractivity contribution in [1.82, 2.24) is 5.32 Å². The first kappa shape index (κ1) is 25.1. The van der Waals surface area contributed by atoms with Gasteiger partial charge in [0.1, 0.15) is 0 Å². The van der Waals surface area contributed by atoms with Crippen LogP contribution in [0.3, 0.4) is 0 Å². The van der Waals surface area contributed by atoms with Crippen LogP contribution in [0.4, 0.5) is 17.1 Å². The second-order valence-electron chi connectivity index (χ2n) is 11.4. The van der Waals surface area contributed by atoms with Crippen molar-refractivity contribution in [3.63, 3.8) is 0 Å². The molecule has 1 aliphatic heterocycles. The van der Waals surface area contributed by atoms with Crippen LogP contribution in [0, 0.1) is 0 Å². The molecule has 1 aliphatic rings. The van der Waals surface area contributed by atoms with Crippen LogP contribution in [-0.4, -0.2) is 0 Å². The van der Waals surface area contributed by atoms with Gasteiger partial charge >= 0.3 is 0 Å². The van der Waals surface area contributed by atoms with E-state index in [-0.39, 0.29) is 0 Å². The van der Waals surface area contributed by atoms with E-state index in [0.717, 1.165) is 23.6 Å². The number of hydrogen-bond acceptors (Lipinski definition) is 3. The second-order valence-corrected chi connectivity index (χ2v) is 12.6. The maximum absolute atomic E-state index is 3.37. The molecule has 8 aromatic rings. The Bertz CT molecular complexity index is 2380. The molecule has 1 aromatic heterocycles. The summed E-state index contributed by atoms with van der Waals surface area (Å²) in [6.07, 6.45) is 4.28. The molecule has 7 aromatic carbocycles. The van der Waals surface area contributed by atoms with Crippen LogP contribution in [0.25, 0.3) is 59.6 Å². The summed E-state index contributed by atoms with van der Waals surface area (Å²) >= 11 is 1.88. The second kappa shape index (κ2) is 10.1. The maximum atomic E-state index is 3.37. The molecular formula is C41H28N2S. The number of fused-ring (bicyclic) bond motifs is 8. The lowest BCUT2D eigenvalue weighted by Crippen LogP contribution is -2.10. The standard InChI is InChI=1S/C41H28N2S/c1-2-6-27(7-3-1)28-10-14-31(15-11-28)43(33-17-21-40-39(25-33)38-22-23-42-26-41(38)44-40)32-16-20-35-30(24-32)13-19-36-34-9-5-4-8-29(34)12-18-37(35)36/h1-25,42H,26H2. The van der Waals surface area contributed by atoms with Gasteiger partial charge in [0.25, 0.3) is 0 Å². The molecular weight excluding hydrogens is 553 g/mol. The van der Waals surface area contributed by atoms with Gasteiger partial charge in [-0.05, 0) is 104 Å². The summed E-state index contributed by atoms with van der Waals surface area (Å²) in [6, 6.07) is 51.1. The topological polar surface area (TPSA) is 15.3 Å². The zero-order valence-electron chi connectivity index (χ0n) is 24.0. The average molecular weight is 581 g/mol. The molecule has 1 N–H and O–H groups in total. The van der Waals surface area contributed by atoms with Crippen molar-refractivity contribution in [2.45, 2.75) is 6.54 Å². The number of anilines is 3. The van der Waals surface area contributed by atoms with E-state index < -0.39 is 0 Å². The van der Waals surface area contributed by atoms with Gasteiger partial charge in [-0.15, -0.1) is 11.3 Å². The first-order valence-electron chi connectivity index (χ1n) is 15.1. The fourth-order valence-electron chi connectivity index (χ4n) is 6.74. The Hall–Kier alpha value is -5.38. The van der Waals surface area contributed by atoms with Gasteiger partial charge in [0.2, 0.25) is 0 Å². The van der Waals surface area contributed by atoms with Crippen LogP contribution in [-0.2, 0) is 6.54 Å². The highest BCUT2D eigenvalue weighted by Crippen LogP contribution is 2.42. The minimum atomic E-state index is 0.888. The van der Waals surface area contributed by atoms with Crippen LogP contribution in [0.15, 0.2) is 146 Å². The highest BCUT2D eigenvalue weighted by Gasteiger charge is 2.18. The Labute approximate surface area is 260 Å². The van der Waals surface area contributed by atoms with Crippen LogP contribution in [0.5, 0.6) is 0 Å². The summed E-state index contributed by atoms with van der Waals surface area (Å²) in [5, 5.41) is 12.4. The molecule has 2 nitrogen and oxygen atoms in total. The van der Waals surface area contributed by atoms with Gasteiger partial charge in [-0.1, -0.05) is 97.1 Å². The molecule has 0 radical (unpaired) electrons. The summed E-state index contributed by atoms with van der Waals surface area (Å²) in [4.78, 5) is 3.79. The highest BCUT2D eigenvalue weighted by atomic mass is 32.1. The zero-order chi connectivity index (χ0) is 29.0. The minimum absolute atomic E-state index is 0.888. The molecule has 208 valence electrons. The van der Waals surface area contributed by atoms with E-state index in [1.165, 1.54) is 64.0 Å². The Morgan fingerprint density at radius 1 is 0.500 bits per heavy atom. The van der Waals surface area contributed by atoms with E-state index in [9.17, 15) is 0 Å². The fraction of sp³-hybridized carbons (Fsp3) is 0.0244. The molecule has 44 heavy (non-hydrogen) atoms. The largest absolute Gasteiger partial charge is 0.386 e. The van der Waals surface area contributed by atoms with E-state index in [0.29, 0.717) is 0 Å². The number of hydrogen-bond donors (Lipinski definition) is 1. The molecule has 9 rings (SSSR count). The minimum Gasteiger partial charge on any atom is -0.386 e. The predicted octanol–water partition coefficient (Wildman–Crippen LogP) is 11.6. The number of nitrogens with zero attached hydrogens (tertiary/aromatic N) is 1. The summed E-state index contributed by atoms with van der Waals surface area (Å²) in [6.45, 7) is 0.888. The van der Waals surface area contributed by atoms with E-state index >= 15 is 0 Å². The van der Waals surface area contributed by atoms with E-state index in [1.54, 1.807) is 0 Å². The molecule has 0 saturated carbocycles. The van der Waals surface area contributed by atoms with Crippen molar-refractivity contribution in [3.05, 3.63) is 156 Å². The zero-order valence-corrected chi connectivity index (χ0v) is 24.8. The maximum Gasteiger partial charge on any atom is 0.0495 e.